The summed E-state index contributed by atoms with van der Waals surface area (Å²) in [4.78, 5) is 12.4. The monoisotopic (exact) mass is 352 g/mol. The van der Waals surface area contributed by atoms with Crippen molar-refractivity contribution in [2.45, 2.75) is 6.92 Å². The average molecular weight is 352 g/mol. The lowest BCUT2D eigenvalue weighted by atomic mass is 10.1. The van der Waals surface area contributed by atoms with Crippen LogP contribution in [0.1, 0.15) is 5.56 Å². The molecule has 3 rings (SSSR count). The second kappa shape index (κ2) is 4.07. The molecule has 0 saturated carbocycles. The van der Waals surface area contributed by atoms with E-state index in [0.29, 0.717) is 0 Å². The largest absolute Gasteiger partial charge is 0.289 e. The van der Waals surface area contributed by atoms with Gasteiger partial charge in [-0.05, 0) is 59.3 Å². The number of hydrogen-bond donors (Lipinski definition) is 0. The summed E-state index contributed by atoms with van der Waals surface area (Å²) in [6.07, 6.45) is 0. The molecule has 0 N–H and O–H groups in total. The molecule has 17 heavy (non-hydrogen) atoms. The van der Waals surface area contributed by atoms with Gasteiger partial charge < -0.3 is 0 Å². The maximum absolute atomic E-state index is 12.4. The van der Waals surface area contributed by atoms with Gasteiger partial charge in [0.25, 0.3) is 0 Å². The van der Waals surface area contributed by atoms with Crippen LogP contribution in [0.25, 0.3) is 20.2 Å². The number of benzene rings is 2. The van der Waals surface area contributed by atoms with Crippen molar-refractivity contribution in [2.24, 2.45) is 0 Å². The van der Waals surface area contributed by atoms with Crippen molar-refractivity contribution in [1.82, 2.24) is 0 Å². The standard InChI is InChI=1S/C14H9IOS/c1-8-6-9(15)7-11-13(16)10-4-2-3-5-12(10)17-14(8)11/h2-7H,1H3. The predicted molar refractivity (Wildman–Crippen MR) is 83.1 cm³/mol. The lowest BCUT2D eigenvalue weighted by Crippen LogP contribution is -2.01. The summed E-state index contributed by atoms with van der Waals surface area (Å²) in [5.41, 5.74) is 1.33. The van der Waals surface area contributed by atoms with Crippen LogP contribution >= 0.6 is 33.9 Å². The summed E-state index contributed by atoms with van der Waals surface area (Å²) in [6, 6.07) is 11.9. The molecule has 0 fully saturated rings. The van der Waals surface area contributed by atoms with Crippen LogP contribution < -0.4 is 5.43 Å². The smallest absolute Gasteiger partial charge is 0.195 e. The van der Waals surface area contributed by atoms with Gasteiger partial charge in [0.15, 0.2) is 5.43 Å². The normalized spacial score (nSPS) is 11.2. The molecule has 0 aliphatic carbocycles. The minimum atomic E-state index is 0.149. The molecule has 0 amide bonds. The molecule has 0 atom stereocenters. The van der Waals surface area contributed by atoms with Crippen LogP contribution in [0.15, 0.2) is 41.2 Å². The summed E-state index contributed by atoms with van der Waals surface area (Å²) in [5, 5.41) is 1.67. The number of rotatable bonds is 0. The van der Waals surface area contributed by atoms with Crippen molar-refractivity contribution < 1.29 is 0 Å². The van der Waals surface area contributed by atoms with Gasteiger partial charge in [0.05, 0.1) is 0 Å². The SMILES string of the molecule is Cc1cc(I)cc2c(=O)c3ccccc3sc12. The average Bonchev–Trinajstić information content (AvgIpc) is 2.31. The maximum Gasteiger partial charge on any atom is 0.195 e. The van der Waals surface area contributed by atoms with Crippen LogP contribution in [0.5, 0.6) is 0 Å². The summed E-state index contributed by atoms with van der Waals surface area (Å²) in [7, 11) is 0. The molecule has 1 aromatic heterocycles. The van der Waals surface area contributed by atoms with Crippen LogP contribution in [-0.4, -0.2) is 0 Å². The molecule has 0 aliphatic heterocycles. The van der Waals surface area contributed by atoms with Crippen molar-refractivity contribution in [3.8, 4) is 0 Å². The van der Waals surface area contributed by atoms with E-state index in [1.165, 1.54) is 5.56 Å². The number of aryl methyl sites for hydroxylation is 1. The molecule has 3 heteroatoms. The van der Waals surface area contributed by atoms with E-state index in [0.717, 1.165) is 23.7 Å². The first-order chi connectivity index (χ1) is 8.16. The Labute approximate surface area is 116 Å². The number of hydrogen-bond acceptors (Lipinski definition) is 2. The van der Waals surface area contributed by atoms with Crippen LogP contribution in [0.2, 0.25) is 0 Å². The minimum Gasteiger partial charge on any atom is -0.289 e. The van der Waals surface area contributed by atoms with Gasteiger partial charge in [0.2, 0.25) is 0 Å². The van der Waals surface area contributed by atoms with Gasteiger partial charge in [0, 0.05) is 23.7 Å². The van der Waals surface area contributed by atoms with Crippen LogP contribution in [-0.2, 0) is 0 Å². The van der Waals surface area contributed by atoms with Crippen molar-refractivity contribution in [3.05, 3.63) is 55.8 Å². The molecule has 3 aromatic rings. The van der Waals surface area contributed by atoms with E-state index in [-0.39, 0.29) is 5.43 Å². The molecule has 1 nitrogen and oxygen atoms in total. The van der Waals surface area contributed by atoms with Gasteiger partial charge in [0.1, 0.15) is 0 Å². The quantitative estimate of drug-likeness (QED) is 0.435. The zero-order chi connectivity index (χ0) is 12.0. The van der Waals surface area contributed by atoms with E-state index in [4.69, 9.17) is 0 Å². The molecule has 1 heterocycles. The zero-order valence-electron chi connectivity index (χ0n) is 9.16. The van der Waals surface area contributed by atoms with E-state index >= 15 is 0 Å². The highest BCUT2D eigenvalue weighted by Gasteiger charge is 2.08. The van der Waals surface area contributed by atoms with Gasteiger partial charge in [-0.3, -0.25) is 4.79 Å². The van der Waals surface area contributed by atoms with Crippen molar-refractivity contribution in [3.63, 3.8) is 0 Å². The van der Waals surface area contributed by atoms with Crippen LogP contribution in [0.3, 0.4) is 0 Å². The third-order valence-electron chi connectivity index (χ3n) is 2.83. The Kier molecular flexibility index (Phi) is 2.67. The molecule has 0 unspecified atom stereocenters. The Hall–Kier alpha value is -0.940. The highest BCUT2D eigenvalue weighted by Crippen LogP contribution is 2.28. The van der Waals surface area contributed by atoms with Crippen molar-refractivity contribution in [2.75, 3.05) is 0 Å². The Morgan fingerprint density at radius 1 is 1.12 bits per heavy atom. The Bertz CT molecular complexity index is 789. The van der Waals surface area contributed by atoms with Gasteiger partial charge >= 0.3 is 0 Å². The first-order valence-corrected chi connectivity index (χ1v) is 7.18. The van der Waals surface area contributed by atoms with Crippen LogP contribution in [0, 0.1) is 10.5 Å². The highest BCUT2D eigenvalue weighted by molar-refractivity contribution is 14.1. The summed E-state index contributed by atoms with van der Waals surface area (Å²) in [5.74, 6) is 0. The van der Waals surface area contributed by atoms with E-state index in [1.807, 2.05) is 30.3 Å². The predicted octanol–water partition coefficient (Wildman–Crippen LogP) is 4.33. The fourth-order valence-electron chi connectivity index (χ4n) is 2.03. The first kappa shape index (κ1) is 11.2. The van der Waals surface area contributed by atoms with E-state index in [2.05, 4.69) is 35.6 Å². The fraction of sp³-hybridized carbons (Fsp3) is 0.0714. The van der Waals surface area contributed by atoms with Gasteiger partial charge in [-0.2, -0.15) is 0 Å². The molecular weight excluding hydrogens is 343 g/mol. The summed E-state index contributed by atoms with van der Waals surface area (Å²) < 4.78 is 3.29. The Morgan fingerprint density at radius 3 is 2.71 bits per heavy atom. The topological polar surface area (TPSA) is 17.1 Å². The van der Waals surface area contributed by atoms with Gasteiger partial charge in [-0.25, -0.2) is 0 Å². The molecule has 0 radical (unpaired) electrons. The molecule has 2 aromatic carbocycles. The Balaban J connectivity index is 2.64. The van der Waals surface area contributed by atoms with Crippen molar-refractivity contribution in [1.29, 1.82) is 0 Å². The third kappa shape index (κ3) is 1.77. The molecule has 0 saturated heterocycles. The number of halogens is 1. The molecular formula is C14H9IOS. The van der Waals surface area contributed by atoms with E-state index < -0.39 is 0 Å². The fourth-order valence-corrected chi connectivity index (χ4v) is 3.93. The second-order valence-corrected chi connectivity index (χ2v) is 6.32. The second-order valence-electron chi connectivity index (χ2n) is 4.03. The molecule has 0 aliphatic rings. The van der Waals surface area contributed by atoms with E-state index in [9.17, 15) is 4.79 Å². The number of fused-ring (bicyclic) bond motifs is 2. The third-order valence-corrected chi connectivity index (χ3v) is 4.77. The summed E-state index contributed by atoms with van der Waals surface area (Å²) in [6.45, 7) is 2.06. The minimum absolute atomic E-state index is 0.149. The maximum atomic E-state index is 12.4. The van der Waals surface area contributed by atoms with Crippen LogP contribution in [0.4, 0.5) is 0 Å². The lowest BCUT2D eigenvalue weighted by Gasteiger charge is -2.04. The molecule has 0 spiro atoms. The zero-order valence-corrected chi connectivity index (χ0v) is 12.1. The first-order valence-electron chi connectivity index (χ1n) is 5.28. The van der Waals surface area contributed by atoms with E-state index in [1.54, 1.807) is 11.3 Å². The van der Waals surface area contributed by atoms with Gasteiger partial charge in [-0.15, -0.1) is 11.3 Å². The molecule has 0 bridgehead atoms. The Morgan fingerprint density at radius 2 is 1.88 bits per heavy atom. The lowest BCUT2D eigenvalue weighted by molar-refractivity contribution is 1.52. The van der Waals surface area contributed by atoms with Crippen molar-refractivity contribution >= 4 is 54.1 Å². The van der Waals surface area contributed by atoms with Gasteiger partial charge in [-0.1, -0.05) is 12.1 Å². The molecule has 84 valence electrons. The summed E-state index contributed by atoms with van der Waals surface area (Å²) >= 11 is 3.96. The highest BCUT2D eigenvalue weighted by atomic mass is 127.